The number of aliphatic hydroxyl groups excluding tert-OH is 1. The molecule has 3 nitrogen and oxygen atoms in total. The molecule has 1 saturated heterocycles. The van der Waals surface area contributed by atoms with E-state index in [0.717, 1.165) is 31.5 Å². The Kier molecular flexibility index (Phi) is 5.59. The van der Waals surface area contributed by atoms with E-state index >= 15 is 0 Å². The maximum atomic E-state index is 14.3. The molecule has 1 fully saturated rings. The van der Waals surface area contributed by atoms with Gasteiger partial charge in [-0.15, -0.1) is 0 Å². The first-order valence-electron chi connectivity index (χ1n) is 7.75. The van der Waals surface area contributed by atoms with Crippen LogP contribution >= 0.6 is 0 Å². The maximum absolute atomic E-state index is 14.3. The largest absolute Gasteiger partial charge is 0.494 e. The number of benzene rings is 1. The molecule has 1 heterocycles. The Labute approximate surface area is 126 Å². The molecule has 118 valence electrons. The molecule has 1 aliphatic heterocycles. The number of ether oxygens (including phenoxy) is 1. The van der Waals surface area contributed by atoms with Crippen molar-refractivity contribution in [3.05, 3.63) is 29.6 Å². The Morgan fingerprint density at radius 2 is 2.00 bits per heavy atom. The van der Waals surface area contributed by atoms with Crippen LogP contribution in [0, 0.1) is 11.7 Å². The molecule has 1 aliphatic rings. The number of methoxy groups -OCH3 is 1. The molecule has 0 aliphatic carbocycles. The van der Waals surface area contributed by atoms with Crippen LogP contribution in [0.3, 0.4) is 0 Å². The molecule has 1 aromatic carbocycles. The number of halogens is 1. The van der Waals surface area contributed by atoms with Gasteiger partial charge in [-0.3, -0.25) is 0 Å². The van der Waals surface area contributed by atoms with E-state index in [9.17, 15) is 9.50 Å². The topological polar surface area (TPSA) is 32.7 Å². The number of β-amino-alcohol motifs (C(OH)–C–C–N with tert-alkyl or cyclic N) is 1. The van der Waals surface area contributed by atoms with Gasteiger partial charge in [-0.25, -0.2) is 4.39 Å². The van der Waals surface area contributed by atoms with E-state index in [1.54, 1.807) is 6.07 Å². The predicted octanol–water partition coefficient (Wildman–Crippen LogP) is 3.03. The third kappa shape index (κ3) is 3.95. The first-order valence-corrected chi connectivity index (χ1v) is 7.75. The van der Waals surface area contributed by atoms with Gasteiger partial charge in [0.15, 0.2) is 11.6 Å². The van der Waals surface area contributed by atoms with Gasteiger partial charge in [-0.1, -0.05) is 26.0 Å². The number of likely N-dealkylation sites (tertiary alicyclic amines) is 1. The van der Waals surface area contributed by atoms with Crippen molar-refractivity contribution in [1.82, 2.24) is 4.90 Å². The van der Waals surface area contributed by atoms with Crippen LogP contribution in [0.15, 0.2) is 18.2 Å². The second-order valence-corrected chi connectivity index (χ2v) is 6.25. The molecular weight excluding hydrogens is 269 g/mol. The smallest absolute Gasteiger partial charge is 0.168 e. The normalized spacial score (nSPS) is 19.0. The third-order valence-electron chi connectivity index (χ3n) is 4.46. The minimum atomic E-state index is -0.282. The highest BCUT2D eigenvalue weighted by atomic mass is 19.1. The Morgan fingerprint density at radius 3 is 2.57 bits per heavy atom. The van der Waals surface area contributed by atoms with Crippen LogP contribution in [0.2, 0.25) is 0 Å². The van der Waals surface area contributed by atoms with E-state index in [-0.39, 0.29) is 23.8 Å². The van der Waals surface area contributed by atoms with Crippen molar-refractivity contribution in [1.29, 1.82) is 0 Å². The summed E-state index contributed by atoms with van der Waals surface area (Å²) in [5.41, 5.74) is 0.762. The van der Waals surface area contributed by atoms with Crippen LogP contribution in [0.4, 0.5) is 4.39 Å². The van der Waals surface area contributed by atoms with Crippen LogP contribution in [-0.2, 0) is 0 Å². The van der Waals surface area contributed by atoms with E-state index in [2.05, 4.69) is 4.90 Å². The minimum Gasteiger partial charge on any atom is -0.494 e. The summed E-state index contributed by atoms with van der Waals surface area (Å²) in [5, 5.41) is 9.96. The van der Waals surface area contributed by atoms with Crippen molar-refractivity contribution in [2.45, 2.75) is 38.7 Å². The fourth-order valence-corrected chi connectivity index (χ4v) is 2.90. The lowest BCUT2D eigenvalue weighted by molar-refractivity contribution is 0.0654. The second-order valence-electron chi connectivity index (χ2n) is 6.25. The van der Waals surface area contributed by atoms with Crippen molar-refractivity contribution < 1.29 is 14.2 Å². The summed E-state index contributed by atoms with van der Waals surface area (Å²) in [5.74, 6) is 0.622. The van der Waals surface area contributed by atoms with Gasteiger partial charge >= 0.3 is 0 Å². The molecule has 4 heteroatoms. The fourth-order valence-electron chi connectivity index (χ4n) is 2.90. The quantitative estimate of drug-likeness (QED) is 0.906. The number of piperidine rings is 1. The number of hydrogen-bond donors (Lipinski definition) is 1. The van der Waals surface area contributed by atoms with Crippen molar-refractivity contribution in [3.8, 4) is 5.75 Å². The standard InChI is InChI=1S/C17H26FNO2/c1-12(2)15(20)11-19-9-7-13(8-10-19)14-5-4-6-16(21-3)17(14)18/h4-6,12-13,15,20H,7-11H2,1-3H3. The zero-order chi connectivity index (χ0) is 15.4. The molecule has 1 unspecified atom stereocenters. The first kappa shape index (κ1) is 16.2. The van der Waals surface area contributed by atoms with Crippen LogP contribution in [0.25, 0.3) is 0 Å². The molecule has 1 atom stereocenters. The van der Waals surface area contributed by atoms with E-state index in [0.29, 0.717) is 12.3 Å². The number of aliphatic hydroxyl groups is 1. The highest BCUT2D eigenvalue weighted by Crippen LogP contribution is 2.33. The monoisotopic (exact) mass is 295 g/mol. The molecule has 1 N–H and O–H groups in total. The summed E-state index contributed by atoms with van der Waals surface area (Å²) in [6.07, 6.45) is 1.57. The summed E-state index contributed by atoms with van der Waals surface area (Å²) in [6, 6.07) is 5.38. The second kappa shape index (κ2) is 7.23. The van der Waals surface area contributed by atoms with Gasteiger partial charge < -0.3 is 14.7 Å². The Hall–Kier alpha value is -1.13. The summed E-state index contributed by atoms with van der Waals surface area (Å²) < 4.78 is 19.3. The van der Waals surface area contributed by atoms with Crippen molar-refractivity contribution in [2.75, 3.05) is 26.7 Å². The lowest BCUT2D eigenvalue weighted by Crippen LogP contribution is -2.40. The highest BCUT2D eigenvalue weighted by Gasteiger charge is 2.25. The van der Waals surface area contributed by atoms with Gasteiger partial charge in [0.25, 0.3) is 0 Å². The molecule has 0 aromatic heterocycles. The third-order valence-corrected chi connectivity index (χ3v) is 4.46. The number of rotatable bonds is 5. The van der Waals surface area contributed by atoms with Gasteiger partial charge in [-0.2, -0.15) is 0 Å². The van der Waals surface area contributed by atoms with Gasteiger partial charge in [0, 0.05) is 6.54 Å². The van der Waals surface area contributed by atoms with E-state index in [4.69, 9.17) is 4.74 Å². The first-order chi connectivity index (χ1) is 10.0. The molecule has 0 radical (unpaired) electrons. The zero-order valence-corrected chi connectivity index (χ0v) is 13.2. The van der Waals surface area contributed by atoms with Crippen molar-refractivity contribution >= 4 is 0 Å². The van der Waals surface area contributed by atoms with Crippen molar-refractivity contribution in [3.63, 3.8) is 0 Å². The molecule has 1 aromatic rings. The van der Waals surface area contributed by atoms with E-state index < -0.39 is 0 Å². The van der Waals surface area contributed by atoms with Crippen molar-refractivity contribution in [2.24, 2.45) is 5.92 Å². The summed E-state index contributed by atoms with van der Waals surface area (Å²) in [7, 11) is 1.50. The molecule has 0 spiro atoms. The molecule has 0 bridgehead atoms. The van der Waals surface area contributed by atoms with E-state index in [1.807, 2.05) is 26.0 Å². The summed E-state index contributed by atoms with van der Waals surface area (Å²) in [6.45, 7) is 6.59. The number of nitrogens with zero attached hydrogens (tertiary/aromatic N) is 1. The van der Waals surface area contributed by atoms with Crippen LogP contribution in [0.1, 0.15) is 38.2 Å². The van der Waals surface area contributed by atoms with E-state index in [1.165, 1.54) is 7.11 Å². The lowest BCUT2D eigenvalue weighted by Gasteiger charge is -2.34. The molecular formula is C17H26FNO2. The summed E-state index contributed by atoms with van der Waals surface area (Å²) in [4.78, 5) is 2.28. The van der Waals surface area contributed by atoms with Gasteiger partial charge in [0.1, 0.15) is 0 Å². The van der Waals surface area contributed by atoms with Gasteiger partial charge in [-0.05, 0) is 49.4 Å². The molecule has 2 rings (SSSR count). The van der Waals surface area contributed by atoms with Crippen LogP contribution < -0.4 is 4.74 Å². The highest BCUT2D eigenvalue weighted by molar-refractivity contribution is 5.33. The molecule has 21 heavy (non-hydrogen) atoms. The average Bonchev–Trinajstić information content (AvgIpc) is 2.48. The average molecular weight is 295 g/mol. The Morgan fingerprint density at radius 1 is 1.33 bits per heavy atom. The van der Waals surface area contributed by atoms with Gasteiger partial charge in [0.05, 0.1) is 13.2 Å². The Bertz CT molecular complexity index is 456. The fraction of sp³-hybridized carbons (Fsp3) is 0.647. The molecule has 0 amide bonds. The zero-order valence-electron chi connectivity index (χ0n) is 13.2. The maximum Gasteiger partial charge on any atom is 0.168 e. The number of hydrogen-bond acceptors (Lipinski definition) is 3. The predicted molar refractivity (Wildman–Crippen MR) is 82.2 cm³/mol. The summed E-state index contributed by atoms with van der Waals surface area (Å²) >= 11 is 0. The van der Waals surface area contributed by atoms with Crippen LogP contribution in [-0.4, -0.2) is 42.9 Å². The van der Waals surface area contributed by atoms with Crippen LogP contribution in [0.5, 0.6) is 5.75 Å². The SMILES string of the molecule is COc1cccc(C2CCN(CC(O)C(C)C)CC2)c1F. The minimum absolute atomic E-state index is 0.222. The van der Waals surface area contributed by atoms with Gasteiger partial charge in [0.2, 0.25) is 0 Å². The molecule has 0 saturated carbocycles. The lowest BCUT2D eigenvalue weighted by atomic mass is 9.88. The Balaban J connectivity index is 1.95.